The second kappa shape index (κ2) is 8.63. The van der Waals surface area contributed by atoms with Crippen molar-refractivity contribution in [3.8, 4) is 17.5 Å². The smallest absolute Gasteiger partial charge is 0.192 e. The van der Waals surface area contributed by atoms with E-state index in [4.69, 9.17) is 5.26 Å². The molecule has 2 aromatic carbocycles. The summed E-state index contributed by atoms with van der Waals surface area (Å²) in [5, 5.41) is 18.6. The van der Waals surface area contributed by atoms with Crippen LogP contribution in [0.5, 0.6) is 0 Å². The van der Waals surface area contributed by atoms with Gasteiger partial charge >= 0.3 is 0 Å². The first kappa shape index (κ1) is 18.2. The molecule has 6 heteroatoms. The van der Waals surface area contributed by atoms with E-state index < -0.39 is 0 Å². The molecular weight excluding hydrogens is 347 g/mol. The highest BCUT2D eigenvalue weighted by molar-refractivity contribution is 7.99. The van der Waals surface area contributed by atoms with Crippen LogP contribution in [0.25, 0.3) is 11.4 Å². The molecule has 0 aliphatic carbocycles. The molecule has 0 saturated heterocycles. The van der Waals surface area contributed by atoms with Crippen LogP contribution >= 0.6 is 11.8 Å². The lowest BCUT2D eigenvalue weighted by atomic mass is 10.2. The molecule has 1 atom stereocenters. The van der Waals surface area contributed by atoms with Gasteiger partial charge in [-0.05, 0) is 36.2 Å². The van der Waals surface area contributed by atoms with Crippen molar-refractivity contribution in [1.29, 1.82) is 5.26 Å². The molecule has 4 nitrogen and oxygen atoms in total. The fraction of sp³-hybridized carbons (Fsp3) is 0.250. The van der Waals surface area contributed by atoms with Crippen LogP contribution in [0.15, 0.2) is 59.8 Å². The Bertz CT molecular complexity index is 884. The van der Waals surface area contributed by atoms with Crippen LogP contribution in [0.3, 0.4) is 0 Å². The van der Waals surface area contributed by atoms with Gasteiger partial charge in [0.1, 0.15) is 5.82 Å². The molecule has 0 spiro atoms. The minimum absolute atomic E-state index is 0.259. The van der Waals surface area contributed by atoms with Crippen molar-refractivity contribution >= 4 is 11.8 Å². The third-order valence-electron chi connectivity index (χ3n) is 3.97. The van der Waals surface area contributed by atoms with Gasteiger partial charge in [-0.15, -0.1) is 10.2 Å². The molecule has 0 N–H and O–H groups in total. The normalized spacial score (nSPS) is 11.9. The molecule has 3 aromatic rings. The maximum Gasteiger partial charge on any atom is 0.192 e. The third-order valence-corrected chi connectivity index (χ3v) is 5.12. The largest absolute Gasteiger partial charge is 0.298 e. The first-order chi connectivity index (χ1) is 12.7. The lowest BCUT2D eigenvalue weighted by Gasteiger charge is -2.13. The van der Waals surface area contributed by atoms with E-state index in [1.165, 1.54) is 12.1 Å². The number of thioether (sulfide) groups is 1. The number of hydrogen-bond donors (Lipinski definition) is 0. The molecule has 132 valence electrons. The zero-order valence-corrected chi connectivity index (χ0v) is 15.3. The lowest BCUT2D eigenvalue weighted by molar-refractivity contribution is 0.628. The van der Waals surface area contributed by atoms with Crippen molar-refractivity contribution in [2.75, 3.05) is 0 Å². The summed E-state index contributed by atoms with van der Waals surface area (Å²) < 4.78 is 15.3. The summed E-state index contributed by atoms with van der Waals surface area (Å²) in [7, 11) is 0. The van der Waals surface area contributed by atoms with Gasteiger partial charge in [-0.3, -0.25) is 4.57 Å². The van der Waals surface area contributed by atoms with Crippen molar-refractivity contribution in [3.05, 3.63) is 66.0 Å². The second-order valence-corrected chi connectivity index (χ2v) is 7.42. The standard InChI is InChI=1S/C20H19FN4S/c1-15(6-5-13-22)26-20-24-23-19(17-9-11-18(21)12-10-17)25(20)14-16-7-3-2-4-8-16/h2-4,7-12,15H,5-6,14H2,1H3/t15-/m0/s1. The zero-order valence-electron chi connectivity index (χ0n) is 14.5. The van der Waals surface area contributed by atoms with Crippen molar-refractivity contribution in [1.82, 2.24) is 14.8 Å². The first-order valence-corrected chi connectivity index (χ1v) is 9.32. The Labute approximate surface area is 156 Å². The van der Waals surface area contributed by atoms with E-state index in [0.717, 1.165) is 22.7 Å². The van der Waals surface area contributed by atoms with Gasteiger partial charge in [-0.25, -0.2) is 4.39 Å². The van der Waals surface area contributed by atoms with Crippen molar-refractivity contribution in [2.24, 2.45) is 0 Å². The second-order valence-electron chi connectivity index (χ2n) is 6.01. The lowest BCUT2D eigenvalue weighted by Crippen LogP contribution is -2.06. The summed E-state index contributed by atoms with van der Waals surface area (Å²) >= 11 is 1.61. The molecule has 0 aliphatic heterocycles. The highest BCUT2D eigenvalue weighted by Crippen LogP contribution is 2.29. The van der Waals surface area contributed by atoms with Crippen molar-refractivity contribution in [2.45, 2.75) is 36.7 Å². The van der Waals surface area contributed by atoms with Crippen LogP contribution in [0, 0.1) is 17.1 Å². The highest BCUT2D eigenvalue weighted by Gasteiger charge is 2.17. The van der Waals surface area contributed by atoms with Gasteiger partial charge in [0, 0.05) is 17.2 Å². The number of halogens is 1. The zero-order chi connectivity index (χ0) is 18.4. The molecule has 0 saturated carbocycles. The predicted octanol–water partition coefficient (Wildman–Crippen LogP) is 4.92. The monoisotopic (exact) mass is 366 g/mol. The third kappa shape index (κ3) is 4.50. The number of nitriles is 1. The van der Waals surface area contributed by atoms with Crippen LogP contribution in [0.2, 0.25) is 0 Å². The molecule has 0 fully saturated rings. The molecule has 0 radical (unpaired) electrons. The molecule has 0 amide bonds. The summed E-state index contributed by atoms with van der Waals surface area (Å²) in [6.45, 7) is 2.72. The Morgan fingerprint density at radius 1 is 1.12 bits per heavy atom. The van der Waals surface area contributed by atoms with Gasteiger partial charge in [-0.2, -0.15) is 5.26 Å². The molecule has 3 rings (SSSR count). The van der Waals surface area contributed by atoms with E-state index in [2.05, 4.69) is 39.9 Å². The van der Waals surface area contributed by atoms with Crippen LogP contribution < -0.4 is 0 Å². The van der Waals surface area contributed by atoms with Gasteiger partial charge in [-0.1, -0.05) is 49.0 Å². The van der Waals surface area contributed by atoms with Gasteiger partial charge < -0.3 is 0 Å². The van der Waals surface area contributed by atoms with E-state index in [-0.39, 0.29) is 11.1 Å². The minimum atomic E-state index is -0.275. The molecule has 1 heterocycles. The predicted molar refractivity (Wildman–Crippen MR) is 101 cm³/mol. The summed E-state index contributed by atoms with van der Waals surface area (Å²) in [5.41, 5.74) is 1.97. The summed E-state index contributed by atoms with van der Waals surface area (Å²) in [6.07, 6.45) is 1.32. The quantitative estimate of drug-likeness (QED) is 0.557. The van der Waals surface area contributed by atoms with Crippen LogP contribution in [-0.4, -0.2) is 20.0 Å². The Hall–Kier alpha value is -2.65. The Kier molecular flexibility index (Phi) is 6.03. The van der Waals surface area contributed by atoms with Gasteiger partial charge in [0.05, 0.1) is 12.6 Å². The summed E-state index contributed by atoms with van der Waals surface area (Å²) in [4.78, 5) is 0. The fourth-order valence-corrected chi connectivity index (χ4v) is 3.57. The average molecular weight is 366 g/mol. The maximum absolute atomic E-state index is 13.3. The Morgan fingerprint density at radius 2 is 1.85 bits per heavy atom. The molecular formula is C20H19FN4S. The van der Waals surface area contributed by atoms with E-state index >= 15 is 0 Å². The van der Waals surface area contributed by atoms with E-state index in [0.29, 0.717) is 18.8 Å². The Balaban J connectivity index is 1.93. The SMILES string of the molecule is C[C@@H](CCC#N)Sc1nnc(-c2ccc(F)cc2)n1Cc1ccccc1. The van der Waals surface area contributed by atoms with Gasteiger partial charge in [0.2, 0.25) is 0 Å². The number of aromatic nitrogens is 3. The summed E-state index contributed by atoms with van der Waals surface area (Å²) in [5.74, 6) is 0.437. The summed E-state index contributed by atoms with van der Waals surface area (Å²) in [6, 6.07) is 18.6. The average Bonchev–Trinajstić information content (AvgIpc) is 3.04. The topological polar surface area (TPSA) is 54.5 Å². The minimum Gasteiger partial charge on any atom is -0.298 e. The van der Waals surface area contributed by atoms with Gasteiger partial charge in [0.25, 0.3) is 0 Å². The van der Waals surface area contributed by atoms with Crippen molar-refractivity contribution in [3.63, 3.8) is 0 Å². The Morgan fingerprint density at radius 3 is 2.54 bits per heavy atom. The van der Waals surface area contributed by atoms with Crippen LogP contribution in [0.1, 0.15) is 25.3 Å². The van der Waals surface area contributed by atoms with Crippen LogP contribution in [-0.2, 0) is 6.54 Å². The molecule has 0 aliphatic rings. The highest BCUT2D eigenvalue weighted by atomic mass is 32.2. The fourth-order valence-electron chi connectivity index (χ4n) is 2.60. The molecule has 1 aromatic heterocycles. The maximum atomic E-state index is 13.3. The number of rotatable bonds is 7. The van der Waals surface area contributed by atoms with Crippen LogP contribution in [0.4, 0.5) is 4.39 Å². The number of benzene rings is 2. The molecule has 0 unspecified atom stereocenters. The van der Waals surface area contributed by atoms with E-state index in [1.54, 1.807) is 23.9 Å². The number of nitrogens with zero attached hydrogens (tertiary/aromatic N) is 4. The van der Waals surface area contributed by atoms with Gasteiger partial charge in [0.15, 0.2) is 11.0 Å². The van der Waals surface area contributed by atoms with E-state index in [1.807, 2.05) is 18.2 Å². The molecule has 26 heavy (non-hydrogen) atoms. The molecule has 0 bridgehead atoms. The van der Waals surface area contributed by atoms with E-state index in [9.17, 15) is 4.39 Å². The van der Waals surface area contributed by atoms with Crippen molar-refractivity contribution < 1.29 is 4.39 Å². The first-order valence-electron chi connectivity index (χ1n) is 8.44. The number of hydrogen-bond acceptors (Lipinski definition) is 4.